The van der Waals surface area contributed by atoms with Gasteiger partial charge in [0.25, 0.3) is 11.5 Å². The van der Waals surface area contributed by atoms with Crippen molar-refractivity contribution >= 4 is 17.6 Å². The Morgan fingerprint density at radius 3 is 2.71 bits per heavy atom. The van der Waals surface area contributed by atoms with Crippen molar-refractivity contribution < 1.29 is 23.8 Å². The zero-order valence-corrected chi connectivity index (χ0v) is 15.0. The number of hydrogen-bond donors (Lipinski definition) is 2. The van der Waals surface area contributed by atoms with Gasteiger partial charge in [0.1, 0.15) is 11.5 Å². The number of anilines is 1. The fourth-order valence-corrected chi connectivity index (χ4v) is 2.88. The SMILES string of the molecule is COC(=O)C1=C(Nc2ccc(-n3ccccc3=O)cc2F)C(=O)N(CCO)C1. The van der Waals surface area contributed by atoms with Crippen LogP contribution >= 0.6 is 0 Å². The number of benzene rings is 1. The molecule has 0 spiro atoms. The summed E-state index contributed by atoms with van der Waals surface area (Å²) in [5.74, 6) is -1.97. The van der Waals surface area contributed by atoms with E-state index in [0.29, 0.717) is 5.69 Å². The van der Waals surface area contributed by atoms with Gasteiger partial charge in [-0.05, 0) is 18.2 Å². The summed E-state index contributed by atoms with van der Waals surface area (Å²) in [6.07, 6.45) is 1.51. The van der Waals surface area contributed by atoms with Crippen molar-refractivity contribution in [2.75, 3.05) is 32.1 Å². The van der Waals surface area contributed by atoms with Gasteiger partial charge in [-0.25, -0.2) is 9.18 Å². The van der Waals surface area contributed by atoms with Gasteiger partial charge in [-0.15, -0.1) is 0 Å². The molecule has 28 heavy (non-hydrogen) atoms. The van der Waals surface area contributed by atoms with Gasteiger partial charge in [0, 0.05) is 24.9 Å². The number of ether oxygens (including phenoxy) is 1. The number of amides is 1. The molecule has 1 aliphatic rings. The van der Waals surface area contributed by atoms with Crippen LogP contribution in [-0.2, 0) is 14.3 Å². The zero-order chi connectivity index (χ0) is 20.3. The Balaban J connectivity index is 1.93. The predicted octanol–water partition coefficient (Wildman–Crippen LogP) is 0.650. The van der Waals surface area contributed by atoms with Crippen molar-refractivity contribution in [3.8, 4) is 5.69 Å². The first-order valence-electron chi connectivity index (χ1n) is 8.42. The number of halogens is 1. The van der Waals surface area contributed by atoms with Crippen LogP contribution in [0.4, 0.5) is 10.1 Å². The highest BCUT2D eigenvalue weighted by molar-refractivity contribution is 6.08. The minimum Gasteiger partial charge on any atom is -0.466 e. The first-order valence-corrected chi connectivity index (χ1v) is 8.42. The van der Waals surface area contributed by atoms with Crippen LogP contribution in [0.25, 0.3) is 5.69 Å². The van der Waals surface area contributed by atoms with E-state index in [0.717, 1.165) is 6.07 Å². The molecule has 0 aliphatic carbocycles. The maximum atomic E-state index is 14.6. The fraction of sp³-hybridized carbons (Fsp3) is 0.211. The van der Waals surface area contributed by atoms with E-state index in [-0.39, 0.29) is 42.2 Å². The first kappa shape index (κ1) is 19.3. The molecular weight excluding hydrogens is 369 g/mol. The van der Waals surface area contributed by atoms with Crippen molar-refractivity contribution in [3.63, 3.8) is 0 Å². The quantitative estimate of drug-likeness (QED) is 0.706. The van der Waals surface area contributed by atoms with E-state index in [1.807, 2.05) is 0 Å². The average Bonchev–Trinajstić information content (AvgIpc) is 2.99. The van der Waals surface area contributed by atoms with Crippen molar-refractivity contribution in [2.24, 2.45) is 0 Å². The molecule has 0 unspecified atom stereocenters. The van der Waals surface area contributed by atoms with Gasteiger partial charge in [0.15, 0.2) is 0 Å². The molecule has 0 saturated carbocycles. The minimum absolute atomic E-state index is 0.0306. The predicted molar refractivity (Wildman–Crippen MR) is 98.3 cm³/mol. The van der Waals surface area contributed by atoms with Crippen LogP contribution in [0.1, 0.15) is 0 Å². The Morgan fingerprint density at radius 2 is 2.07 bits per heavy atom. The number of carbonyl (C=O) groups excluding carboxylic acids is 2. The topological polar surface area (TPSA) is 101 Å². The number of aliphatic hydroxyl groups excluding tert-OH is 1. The van der Waals surface area contributed by atoms with E-state index >= 15 is 0 Å². The summed E-state index contributed by atoms with van der Waals surface area (Å²) in [7, 11) is 1.18. The lowest BCUT2D eigenvalue weighted by atomic mass is 10.2. The van der Waals surface area contributed by atoms with E-state index in [1.165, 1.54) is 41.0 Å². The third-order valence-corrected chi connectivity index (χ3v) is 4.27. The molecule has 0 radical (unpaired) electrons. The molecule has 9 heteroatoms. The van der Waals surface area contributed by atoms with Crippen LogP contribution in [-0.4, -0.2) is 53.3 Å². The molecule has 2 N–H and O–H groups in total. The number of aromatic nitrogens is 1. The van der Waals surface area contributed by atoms with Gasteiger partial charge in [0.2, 0.25) is 0 Å². The Labute approximate surface area is 159 Å². The van der Waals surface area contributed by atoms with Crippen LogP contribution in [0.3, 0.4) is 0 Å². The molecule has 8 nitrogen and oxygen atoms in total. The maximum Gasteiger partial charge on any atom is 0.337 e. The van der Waals surface area contributed by atoms with Crippen LogP contribution < -0.4 is 10.9 Å². The molecule has 2 heterocycles. The van der Waals surface area contributed by atoms with Gasteiger partial charge in [0.05, 0.1) is 37.2 Å². The van der Waals surface area contributed by atoms with Crippen molar-refractivity contribution in [1.29, 1.82) is 0 Å². The molecule has 0 saturated heterocycles. The van der Waals surface area contributed by atoms with Gasteiger partial charge in [-0.3, -0.25) is 14.2 Å². The molecule has 0 atom stereocenters. The average molecular weight is 387 g/mol. The number of esters is 1. The largest absolute Gasteiger partial charge is 0.466 e. The summed E-state index contributed by atoms with van der Waals surface area (Å²) in [5.41, 5.74) is -0.102. The molecule has 3 rings (SSSR count). The summed E-state index contributed by atoms with van der Waals surface area (Å²) >= 11 is 0. The first-order chi connectivity index (χ1) is 13.5. The number of nitrogens with one attached hydrogen (secondary N) is 1. The van der Waals surface area contributed by atoms with E-state index in [4.69, 9.17) is 5.11 Å². The number of nitrogens with zero attached hydrogens (tertiary/aromatic N) is 2. The molecule has 1 aromatic carbocycles. The van der Waals surface area contributed by atoms with E-state index in [2.05, 4.69) is 10.1 Å². The monoisotopic (exact) mass is 387 g/mol. The van der Waals surface area contributed by atoms with Crippen molar-refractivity contribution in [1.82, 2.24) is 9.47 Å². The number of pyridine rings is 1. The van der Waals surface area contributed by atoms with Crippen LogP contribution in [0.2, 0.25) is 0 Å². The number of methoxy groups -OCH3 is 1. The van der Waals surface area contributed by atoms with E-state index in [1.54, 1.807) is 12.1 Å². The Morgan fingerprint density at radius 1 is 1.29 bits per heavy atom. The summed E-state index contributed by atoms with van der Waals surface area (Å²) in [4.78, 5) is 37.6. The van der Waals surface area contributed by atoms with Gasteiger partial charge < -0.3 is 20.1 Å². The lowest BCUT2D eigenvalue weighted by Gasteiger charge is -2.15. The second-order valence-electron chi connectivity index (χ2n) is 5.99. The third kappa shape index (κ3) is 3.65. The fourth-order valence-electron chi connectivity index (χ4n) is 2.88. The maximum absolute atomic E-state index is 14.6. The zero-order valence-electron chi connectivity index (χ0n) is 15.0. The molecule has 1 amide bonds. The normalized spacial score (nSPS) is 13.8. The number of aliphatic hydroxyl groups is 1. The van der Waals surface area contributed by atoms with E-state index < -0.39 is 17.7 Å². The molecule has 0 bridgehead atoms. The number of rotatable bonds is 6. The molecular formula is C19H18FN3O5. The Kier molecular flexibility index (Phi) is 5.55. The second-order valence-corrected chi connectivity index (χ2v) is 5.99. The molecule has 2 aromatic rings. The smallest absolute Gasteiger partial charge is 0.337 e. The second kappa shape index (κ2) is 8.05. The summed E-state index contributed by atoms with van der Waals surface area (Å²) in [6.45, 7) is -0.293. The number of carbonyl (C=O) groups is 2. The summed E-state index contributed by atoms with van der Waals surface area (Å²) in [5, 5.41) is 11.7. The standard InChI is InChI=1S/C19H18FN3O5/c1-28-19(27)13-11-22(8-9-24)18(26)17(13)21-15-6-5-12(10-14(15)20)23-7-3-2-4-16(23)25/h2-7,10,21,24H,8-9,11H2,1H3. The summed E-state index contributed by atoms with van der Waals surface area (Å²) < 4.78 is 20.6. The molecule has 146 valence electrons. The minimum atomic E-state index is -0.718. The molecule has 0 fully saturated rings. The van der Waals surface area contributed by atoms with Crippen LogP contribution in [0.5, 0.6) is 0 Å². The van der Waals surface area contributed by atoms with Crippen molar-refractivity contribution in [3.05, 3.63) is 70.0 Å². The lowest BCUT2D eigenvalue weighted by Crippen LogP contribution is -2.31. The highest BCUT2D eigenvalue weighted by Crippen LogP contribution is 2.25. The van der Waals surface area contributed by atoms with E-state index in [9.17, 15) is 18.8 Å². The van der Waals surface area contributed by atoms with Gasteiger partial charge in [-0.2, -0.15) is 0 Å². The number of β-amino-alcohol motifs (C(OH)–C–C–N with tert-alkyl or cyclic N) is 1. The van der Waals surface area contributed by atoms with Crippen molar-refractivity contribution in [2.45, 2.75) is 0 Å². The van der Waals surface area contributed by atoms with Gasteiger partial charge in [-0.1, -0.05) is 6.07 Å². The number of hydrogen-bond acceptors (Lipinski definition) is 6. The van der Waals surface area contributed by atoms with Crippen LogP contribution in [0, 0.1) is 5.82 Å². The Bertz CT molecular complexity index is 1010. The lowest BCUT2D eigenvalue weighted by molar-refractivity contribution is -0.136. The third-order valence-electron chi connectivity index (χ3n) is 4.27. The highest BCUT2D eigenvalue weighted by atomic mass is 19.1. The molecule has 1 aromatic heterocycles. The highest BCUT2D eigenvalue weighted by Gasteiger charge is 2.34. The van der Waals surface area contributed by atoms with Gasteiger partial charge >= 0.3 is 5.97 Å². The van der Waals surface area contributed by atoms with Crippen LogP contribution in [0.15, 0.2) is 58.7 Å². The Hall–Kier alpha value is -3.46. The molecule has 1 aliphatic heterocycles. The summed E-state index contributed by atoms with van der Waals surface area (Å²) in [6, 6.07) is 8.60.